The molecular formula is C14H17N7O. The molecule has 3 aromatic rings. The van der Waals surface area contributed by atoms with E-state index in [1.54, 1.807) is 17.8 Å². The molecule has 0 aliphatic heterocycles. The molecule has 3 rings (SSSR count). The minimum atomic E-state index is 0.440. The zero-order chi connectivity index (χ0) is 15.7. The molecule has 0 saturated heterocycles. The summed E-state index contributed by atoms with van der Waals surface area (Å²) in [6.45, 7) is 2.65. The van der Waals surface area contributed by atoms with Gasteiger partial charge in [0.05, 0.1) is 11.6 Å². The van der Waals surface area contributed by atoms with Gasteiger partial charge in [0.2, 0.25) is 0 Å². The quantitative estimate of drug-likeness (QED) is 0.699. The lowest BCUT2D eigenvalue weighted by molar-refractivity contribution is 0.111. The van der Waals surface area contributed by atoms with Gasteiger partial charge in [-0.1, -0.05) is 0 Å². The Hall–Kier alpha value is -2.61. The van der Waals surface area contributed by atoms with Gasteiger partial charge in [0, 0.05) is 18.3 Å². The highest BCUT2D eigenvalue weighted by atomic mass is 16.1. The van der Waals surface area contributed by atoms with Crippen LogP contribution in [-0.4, -0.2) is 61.8 Å². The van der Waals surface area contributed by atoms with Crippen LogP contribution in [0, 0.1) is 6.92 Å². The van der Waals surface area contributed by atoms with Crippen molar-refractivity contribution in [3.05, 3.63) is 29.5 Å². The molecule has 0 saturated carbocycles. The highest BCUT2D eigenvalue weighted by Gasteiger charge is 2.14. The summed E-state index contributed by atoms with van der Waals surface area (Å²) in [4.78, 5) is 22.0. The highest BCUT2D eigenvalue weighted by Crippen LogP contribution is 2.18. The van der Waals surface area contributed by atoms with Crippen molar-refractivity contribution in [1.82, 2.24) is 34.8 Å². The van der Waals surface area contributed by atoms with Crippen LogP contribution in [0.15, 0.2) is 12.4 Å². The van der Waals surface area contributed by atoms with Crippen molar-refractivity contribution in [2.45, 2.75) is 13.3 Å². The highest BCUT2D eigenvalue weighted by molar-refractivity contribution is 5.82. The van der Waals surface area contributed by atoms with Crippen molar-refractivity contribution < 1.29 is 4.79 Å². The Morgan fingerprint density at radius 3 is 2.91 bits per heavy atom. The Morgan fingerprint density at radius 2 is 2.18 bits per heavy atom. The van der Waals surface area contributed by atoms with Gasteiger partial charge in [-0.2, -0.15) is 10.2 Å². The molecule has 8 nitrogen and oxygen atoms in total. The zero-order valence-corrected chi connectivity index (χ0v) is 12.7. The molecule has 1 N–H and O–H groups in total. The van der Waals surface area contributed by atoms with E-state index in [0.717, 1.165) is 30.2 Å². The van der Waals surface area contributed by atoms with Crippen LogP contribution in [0.2, 0.25) is 0 Å². The Kier molecular flexibility index (Phi) is 3.68. The first kappa shape index (κ1) is 14.3. The number of nitrogens with zero attached hydrogens (tertiary/aromatic N) is 6. The fourth-order valence-electron chi connectivity index (χ4n) is 2.27. The summed E-state index contributed by atoms with van der Waals surface area (Å²) < 4.78 is 1.63. The van der Waals surface area contributed by atoms with E-state index in [1.807, 2.05) is 20.3 Å². The number of rotatable bonds is 5. The number of H-pyrrole nitrogens is 1. The van der Waals surface area contributed by atoms with Crippen LogP contribution in [-0.2, 0) is 6.42 Å². The Morgan fingerprint density at radius 1 is 1.36 bits per heavy atom. The lowest BCUT2D eigenvalue weighted by atomic mass is 10.2. The number of likely N-dealkylation sites (N-methyl/N-ethyl adjacent to an activating group) is 1. The van der Waals surface area contributed by atoms with Gasteiger partial charge in [0.1, 0.15) is 11.5 Å². The van der Waals surface area contributed by atoms with Gasteiger partial charge in [0.25, 0.3) is 0 Å². The molecule has 0 amide bonds. The zero-order valence-electron chi connectivity index (χ0n) is 12.7. The summed E-state index contributed by atoms with van der Waals surface area (Å²) in [6, 6.07) is 0. The number of fused-ring (bicyclic) bond motifs is 1. The van der Waals surface area contributed by atoms with Crippen molar-refractivity contribution in [3.8, 4) is 5.82 Å². The summed E-state index contributed by atoms with van der Waals surface area (Å²) in [5, 5.41) is 11.9. The van der Waals surface area contributed by atoms with Gasteiger partial charge in [-0.25, -0.2) is 14.6 Å². The molecule has 0 unspecified atom stereocenters. The number of aldehydes is 1. The third kappa shape index (κ3) is 2.60. The van der Waals surface area contributed by atoms with Gasteiger partial charge < -0.3 is 4.90 Å². The van der Waals surface area contributed by atoms with Crippen LogP contribution < -0.4 is 0 Å². The molecule has 0 fully saturated rings. The maximum Gasteiger partial charge on any atom is 0.170 e. The lowest BCUT2D eigenvalue weighted by Crippen LogP contribution is -2.15. The molecule has 0 spiro atoms. The molecular weight excluding hydrogens is 282 g/mol. The Labute approximate surface area is 127 Å². The van der Waals surface area contributed by atoms with Crippen LogP contribution in [0.4, 0.5) is 0 Å². The number of carbonyl (C=O) groups is 1. The molecule has 0 aliphatic rings. The second kappa shape index (κ2) is 5.64. The normalized spacial score (nSPS) is 11.5. The van der Waals surface area contributed by atoms with Crippen LogP contribution >= 0.6 is 0 Å². The SMILES string of the molecule is Cc1nc(-n2cc(CCN(C)C)c(C=O)n2)c2cn[nH]c2n1. The monoisotopic (exact) mass is 299 g/mol. The second-order valence-electron chi connectivity index (χ2n) is 5.38. The number of aryl methyl sites for hydroxylation is 1. The lowest BCUT2D eigenvalue weighted by Gasteiger charge is -2.07. The number of carbonyl (C=O) groups excluding carboxylic acids is 1. The maximum atomic E-state index is 11.3. The number of hydrogen-bond acceptors (Lipinski definition) is 6. The van der Waals surface area contributed by atoms with E-state index in [4.69, 9.17) is 0 Å². The van der Waals surface area contributed by atoms with Crippen molar-refractivity contribution >= 4 is 17.3 Å². The molecule has 3 aromatic heterocycles. The van der Waals surface area contributed by atoms with E-state index in [9.17, 15) is 4.79 Å². The van der Waals surface area contributed by atoms with Crippen molar-refractivity contribution in [1.29, 1.82) is 0 Å². The fraction of sp³-hybridized carbons (Fsp3) is 0.357. The molecule has 3 heterocycles. The maximum absolute atomic E-state index is 11.3. The Balaban J connectivity index is 2.07. The topological polar surface area (TPSA) is 92.6 Å². The van der Waals surface area contributed by atoms with E-state index in [1.165, 1.54) is 0 Å². The van der Waals surface area contributed by atoms with Crippen LogP contribution in [0.1, 0.15) is 21.9 Å². The van der Waals surface area contributed by atoms with Gasteiger partial charge in [-0.15, -0.1) is 0 Å². The van der Waals surface area contributed by atoms with Gasteiger partial charge >= 0.3 is 0 Å². The van der Waals surface area contributed by atoms with Crippen molar-refractivity contribution in [2.75, 3.05) is 20.6 Å². The van der Waals surface area contributed by atoms with E-state index in [2.05, 4.69) is 30.2 Å². The van der Waals surface area contributed by atoms with Crippen molar-refractivity contribution in [3.63, 3.8) is 0 Å². The number of nitrogens with one attached hydrogen (secondary N) is 1. The Bertz CT molecular complexity index is 818. The fourth-order valence-corrected chi connectivity index (χ4v) is 2.27. The molecule has 22 heavy (non-hydrogen) atoms. The van der Waals surface area contributed by atoms with Crippen molar-refractivity contribution in [2.24, 2.45) is 0 Å². The van der Waals surface area contributed by atoms with Crippen LogP contribution in [0.25, 0.3) is 16.9 Å². The predicted molar refractivity (Wildman–Crippen MR) is 81.2 cm³/mol. The average Bonchev–Trinajstić information content (AvgIpc) is 3.10. The summed E-state index contributed by atoms with van der Waals surface area (Å²) in [7, 11) is 3.99. The third-order valence-corrected chi connectivity index (χ3v) is 3.38. The first-order chi connectivity index (χ1) is 10.6. The first-order valence-electron chi connectivity index (χ1n) is 6.95. The molecule has 0 radical (unpaired) electrons. The summed E-state index contributed by atoms with van der Waals surface area (Å²) in [6.07, 6.45) is 5.04. The predicted octanol–water partition coefficient (Wildman–Crippen LogP) is 0.764. The van der Waals surface area contributed by atoms with Gasteiger partial charge in [-0.3, -0.25) is 9.89 Å². The minimum Gasteiger partial charge on any atom is -0.309 e. The first-order valence-corrected chi connectivity index (χ1v) is 6.95. The standard InChI is InChI=1S/C14H17N7O/c1-9-16-13-11(6-15-18-13)14(17-9)21-7-10(4-5-20(2)3)12(8-22)19-21/h6-8H,4-5H2,1-3H3,(H,15,16,17,18). The van der Waals surface area contributed by atoms with E-state index in [-0.39, 0.29) is 0 Å². The van der Waals surface area contributed by atoms with E-state index in [0.29, 0.717) is 23.0 Å². The molecule has 0 aliphatic carbocycles. The average molecular weight is 299 g/mol. The van der Waals surface area contributed by atoms with Gasteiger partial charge in [0.15, 0.2) is 17.8 Å². The smallest absolute Gasteiger partial charge is 0.170 e. The minimum absolute atomic E-state index is 0.440. The summed E-state index contributed by atoms with van der Waals surface area (Å²) in [5.41, 5.74) is 1.99. The molecule has 114 valence electrons. The summed E-state index contributed by atoms with van der Waals surface area (Å²) >= 11 is 0. The molecule has 0 atom stereocenters. The third-order valence-electron chi connectivity index (χ3n) is 3.38. The van der Waals surface area contributed by atoms with Crippen LogP contribution in [0.5, 0.6) is 0 Å². The van der Waals surface area contributed by atoms with Crippen LogP contribution in [0.3, 0.4) is 0 Å². The summed E-state index contributed by atoms with van der Waals surface area (Å²) in [5.74, 6) is 1.24. The number of aromatic nitrogens is 6. The molecule has 0 aromatic carbocycles. The molecule has 0 bridgehead atoms. The van der Waals surface area contributed by atoms with E-state index < -0.39 is 0 Å². The largest absolute Gasteiger partial charge is 0.309 e. The van der Waals surface area contributed by atoms with Gasteiger partial charge in [-0.05, 0) is 27.4 Å². The second-order valence-corrected chi connectivity index (χ2v) is 5.38. The number of aromatic amines is 1. The number of hydrogen-bond donors (Lipinski definition) is 1. The van der Waals surface area contributed by atoms with E-state index >= 15 is 0 Å². The molecule has 8 heteroatoms.